The maximum Gasteiger partial charge on any atom is 0.250 e. The largest absolute Gasteiger partial charge is 0.383 e. The summed E-state index contributed by atoms with van der Waals surface area (Å²) in [4.78, 5) is 36.6. The Hall–Kier alpha value is -3.06. The maximum atomic E-state index is 12.7. The van der Waals surface area contributed by atoms with Gasteiger partial charge in [-0.1, -0.05) is 29.8 Å². The fourth-order valence-corrected chi connectivity index (χ4v) is 4.02. The van der Waals surface area contributed by atoms with Gasteiger partial charge in [0.1, 0.15) is 6.04 Å². The molecule has 1 fully saturated rings. The van der Waals surface area contributed by atoms with Crippen LogP contribution in [0.2, 0.25) is 5.02 Å². The standard InChI is InChI=1S/C19H17ClN4O3/c20-13-7-10(5-6-11(13)16(21)25)23-17(26)15-8-19(18(27)24-15)9-22-14-4-2-1-3-12(14)19/h1-7,15,22H,8-9H2,(H2,21,25)(H,23,26)(H,24,27). The Kier molecular flexibility index (Phi) is 4.04. The molecule has 2 aliphatic rings. The fraction of sp³-hybridized carbons (Fsp3) is 0.211. The second kappa shape index (κ2) is 6.28. The quantitative estimate of drug-likeness (QED) is 0.644. The molecule has 3 amide bonds. The van der Waals surface area contributed by atoms with Gasteiger partial charge in [-0.2, -0.15) is 0 Å². The number of hydrogen-bond acceptors (Lipinski definition) is 4. The summed E-state index contributed by atoms with van der Waals surface area (Å²) in [5.41, 5.74) is 6.91. The van der Waals surface area contributed by atoms with Gasteiger partial charge in [-0.05, 0) is 36.2 Å². The number of nitrogens with one attached hydrogen (secondary N) is 3. The maximum absolute atomic E-state index is 12.7. The number of carbonyl (C=O) groups excluding carboxylic acids is 3. The minimum Gasteiger partial charge on any atom is -0.383 e. The van der Waals surface area contributed by atoms with Gasteiger partial charge in [0.15, 0.2) is 0 Å². The van der Waals surface area contributed by atoms with Crippen LogP contribution < -0.4 is 21.7 Å². The predicted octanol–water partition coefficient (Wildman–Crippen LogP) is 1.63. The Labute approximate surface area is 160 Å². The molecule has 0 radical (unpaired) electrons. The van der Waals surface area contributed by atoms with E-state index < -0.39 is 17.4 Å². The summed E-state index contributed by atoms with van der Waals surface area (Å²) < 4.78 is 0. The molecule has 7 nitrogen and oxygen atoms in total. The summed E-state index contributed by atoms with van der Waals surface area (Å²) in [7, 11) is 0. The zero-order chi connectivity index (χ0) is 19.2. The molecule has 0 saturated carbocycles. The summed E-state index contributed by atoms with van der Waals surface area (Å²) in [5.74, 6) is -1.15. The number of anilines is 2. The Balaban J connectivity index is 1.53. The van der Waals surface area contributed by atoms with E-state index in [1.54, 1.807) is 6.07 Å². The van der Waals surface area contributed by atoms with Gasteiger partial charge < -0.3 is 21.7 Å². The molecule has 0 aliphatic carbocycles. The van der Waals surface area contributed by atoms with Gasteiger partial charge in [-0.25, -0.2) is 0 Å². The Bertz CT molecular complexity index is 977. The first-order valence-electron chi connectivity index (χ1n) is 8.45. The van der Waals surface area contributed by atoms with Crippen molar-refractivity contribution in [2.45, 2.75) is 17.9 Å². The molecule has 27 heavy (non-hydrogen) atoms. The molecule has 2 aromatic rings. The molecule has 0 aromatic heterocycles. The Morgan fingerprint density at radius 2 is 2.00 bits per heavy atom. The minimum absolute atomic E-state index is 0.154. The third-order valence-corrected chi connectivity index (χ3v) is 5.45. The topological polar surface area (TPSA) is 113 Å². The molecular weight excluding hydrogens is 368 g/mol. The molecule has 2 aliphatic heterocycles. The number of amides is 3. The summed E-state index contributed by atoms with van der Waals surface area (Å²) in [6.07, 6.45) is 0.356. The first kappa shape index (κ1) is 17.4. The number of halogens is 1. The number of nitrogens with two attached hydrogens (primary N) is 1. The number of benzene rings is 2. The molecule has 1 saturated heterocycles. The first-order chi connectivity index (χ1) is 12.9. The smallest absolute Gasteiger partial charge is 0.250 e. The van der Waals surface area contributed by atoms with E-state index in [9.17, 15) is 14.4 Å². The van der Waals surface area contributed by atoms with E-state index in [0.29, 0.717) is 18.7 Å². The monoisotopic (exact) mass is 384 g/mol. The van der Waals surface area contributed by atoms with Crippen LogP contribution in [0.1, 0.15) is 22.3 Å². The number of hydrogen-bond donors (Lipinski definition) is 4. The van der Waals surface area contributed by atoms with Crippen LogP contribution in [-0.2, 0) is 15.0 Å². The van der Waals surface area contributed by atoms with Gasteiger partial charge in [0.2, 0.25) is 17.7 Å². The van der Waals surface area contributed by atoms with Crippen LogP contribution in [-0.4, -0.2) is 30.3 Å². The van der Waals surface area contributed by atoms with Crippen molar-refractivity contribution in [2.24, 2.45) is 5.73 Å². The molecule has 2 unspecified atom stereocenters. The van der Waals surface area contributed by atoms with Gasteiger partial charge in [-0.15, -0.1) is 0 Å². The van der Waals surface area contributed by atoms with Gasteiger partial charge in [0, 0.05) is 17.9 Å². The second-order valence-corrected chi connectivity index (χ2v) is 7.17. The number of fused-ring (bicyclic) bond motifs is 2. The van der Waals surface area contributed by atoms with Gasteiger partial charge in [0.25, 0.3) is 0 Å². The lowest BCUT2D eigenvalue weighted by atomic mass is 9.79. The number of rotatable bonds is 3. The molecule has 138 valence electrons. The lowest BCUT2D eigenvalue weighted by molar-refractivity contribution is -0.125. The number of primary amides is 1. The van der Waals surface area contributed by atoms with E-state index >= 15 is 0 Å². The van der Waals surface area contributed by atoms with E-state index in [-0.39, 0.29) is 22.4 Å². The van der Waals surface area contributed by atoms with E-state index in [1.807, 2.05) is 24.3 Å². The van der Waals surface area contributed by atoms with Crippen LogP contribution in [0.3, 0.4) is 0 Å². The van der Waals surface area contributed by atoms with Crippen molar-refractivity contribution >= 4 is 40.7 Å². The van der Waals surface area contributed by atoms with Crippen molar-refractivity contribution in [3.05, 3.63) is 58.6 Å². The molecule has 2 aromatic carbocycles. The molecule has 5 N–H and O–H groups in total. The highest BCUT2D eigenvalue weighted by molar-refractivity contribution is 6.34. The summed E-state index contributed by atoms with van der Waals surface area (Å²) in [6.45, 7) is 0.459. The average molecular weight is 385 g/mol. The normalized spacial score (nSPS) is 22.9. The highest BCUT2D eigenvalue weighted by Gasteiger charge is 2.53. The Morgan fingerprint density at radius 3 is 2.74 bits per heavy atom. The minimum atomic E-state index is -0.744. The van der Waals surface area contributed by atoms with Gasteiger partial charge in [-0.3, -0.25) is 14.4 Å². The summed E-state index contributed by atoms with van der Waals surface area (Å²) in [6, 6.07) is 11.4. The molecule has 0 bridgehead atoms. The zero-order valence-electron chi connectivity index (χ0n) is 14.2. The highest BCUT2D eigenvalue weighted by atomic mass is 35.5. The number of para-hydroxylation sites is 1. The van der Waals surface area contributed by atoms with Crippen molar-refractivity contribution < 1.29 is 14.4 Å². The van der Waals surface area contributed by atoms with Crippen molar-refractivity contribution in [1.29, 1.82) is 0 Å². The van der Waals surface area contributed by atoms with Gasteiger partial charge in [0.05, 0.1) is 16.0 Å². The third-order valence-electron chi connectivity index (χ3n) is 5.13. The van der Waals surface area contributed by atoms with Crippen LogP contribution in [0.25, 0.3) is 0 Å². The third kappa shape index (κ3) is 2.80. The van der Waals surface area contributed by atoms with Crippen molar-refractivity contribution in [1.82, 2.24) is 5.32 Å². The van der Waals surface area contributed by atoms with Crippen LogP contribution in [0.4, 0.5) is 11.4 Å². The van der Waals surface area contributed by atoms with Crippen LogP contribution in [0, 0.1) is 0 Å². The number of carbonyl (C=O) groups is 3. The van der Waals surface area contributed by atoms with Crippen LogP contribution >= 0.6 is 11.6 Å². The molecule has 1 spiro atoms. The second-order valence-electron chi connectivity index (χ2n) is 6.76. The van der Waals surface area contributed by atoms with E-state index in [4.69, 9.17) is 17.3 Å². The van der Waals surface area contributed by atoms with E-state index in [2.05, 4.69) is 16.0 Å². The Morgan fingerprint density at radius 1 is 1.22 bits per heavy atom. The average Bonchev–Trinajstić information content (AvgIpc) is 3.17. The molecular formula is C19H17ClN4O3. The summed E-state index contributed by atoms with van der Waals surface area (Å²) in [5, 5.41) is 8.92. The highest BCUT2D eigenvalue weighted by Crippen LogP contribution is 2.43. The zero-order valence-corrected chi connectivity index (χ0v) is 15.0. The van der Waals surface area contributed by atoms with Gasteiger partial charge >= 0.3 is 0 Å². The van der Waals surface area contributed by atoms with Crippen LogP contribution in [0.5, 0.6) is 0 Å². The summed E-state index contributed by atoms with van der Waals surface area (Å²) >= 11 is 6.02. The molecule has 8 heteroatoms. The molecule has 4 rings (SSSR count). The van der Waals surface area contributed by atoms with Crippen molar-refractivity contribution in [3.8, 4) is 0 Å². The molecule has 2 heterocycles. The van der Waals surface area contributed by atoms with E-state index in [1.165, 1.54) is 12.1 Å². The van der Waals surface area contributed by atoms with E-state index in [0.717, 1.165) is 11.3 Å². The lowest BCUT2D eigenvalue weighted by Gasteiger charge is -2.19. The predicted molar refractivity (Wildman–Crippen MR) is 102 cm³/mol. The van der Waals surface area contributed by atoms with Crippen LogP contribution in [0.15, 0.2) is 42.5 Å². The lowest BCUT2D eigenvalue weighted by Crippen LogP contribution is -2.39. The van der Waals surface area contributed by atoms with Crippen molar-refractivity contribution in [2.75, 3.05) is 17.2 Å². The van der Waals surface area contributed by atoms with Crippen molar-refractivity contribution in [3.63, 3.8) is 0 Å². The molecule has 2 atom stereocenters. The SMILES string of the molecule is NC(=O)c1ccc(NC(=O)C2CC3(CNc4ccccc43)C(=O)N2)cc1Cl. The fourth-order valence-electron chi connectivity index (χ4n) is 3.75. The first-order valence-corrected chi connectivity index (χ1v) is 8.83.